The highest BCUT2D eigenvalue weighted by atomic mass is 32.2. The Hall–Kier alpha value is -3.12. The molecule has 2 aromatic carbocycles. The normalized spacial score (nSPS) is 14.1. The van der Waals surface area contributed by atoms with E-state index in [0.717, 1.165) is 0 Å². The summed E-state index contributed by atoms with van der Waals surface area (Å²) in [4.78, 5) is 24.2. The van der Waals surface area contributed by atoms with Crippen LogP contribution in [0, 0.1) is 11.6 Å². The summed E-state index contributed by atoms with van der Waals surface area (Å²) in [6.07, 6.45) is -0.655. The van der Waals surface area contributed by atoms with Crippen molar-refractivity contribution in [1.29, 1.82) is 0 Å². The SMILES string of the molecule is CC(C)OC(=O)/C(=N\[S@@](=O)C(C)(C)C)c1ccc(F)cc1.CC(C)OC(=O)/C(=N\[S@@](=O)C(C)(C)C)c1ccc(F)cc1. The molecule has 0 saturated carbocycles. The fraction of sp³-hybridized carbons (Fsp3) is 0.467. The minimum Gasteiger partial charge on any atom is -0.458 e. The monoisotopic (exact) mass is 626 g/mol. The highest BCUT2D eigenvalue weighted by Crippen LogP contribution is 2.17. The average molecular weight is 627 g/mol. The van der Waals surface area contributed by atoms with Gasteiger partial charge in [0.25, 0.3) is 0 Å². The first kappa shape index (κ1) is 36.9. The van der Waals surface area contributed by atoms with Gasteiger partial charge in [0.1, 0.15) is 33.6 Å². The fourth-order valence-electron chi connectivity index (χ4n) is 2.61. The van der Waals surface area contributed by atoms with E-state index in [9.17, 15) is 26.8 Å². The lowest BCUT2D eigenvalue weighted by Crippen LogP contribution is -2.26. The number of hydrogen-bond donors (Lipinski definition) is 0. The lowest BCUT2D eigenvalue weighted by Gasteiger charge is -2.15. The molecule has 0 amide bonds. The van der Waals surface area contributed by atoms with Crippen LogP contribution in [0.15, 0.2) is 57.3 Å². The third-order valence-corrected chi connectivity index (χ3v) is 7.50. The Morgan fingerprint density at radius 2 is 0.881 bits per heavy atom. The van der Waals surface area contributed by atoms with Gasteiger partial charge in [-0.1, -0.05) is 0 Å². The Labute approximate surface area is 252 Å². The van der Waals surface area contributed by atoms with E-state index in [4.69, 9.17) is 9.47 Å². The third kappa shape index (κ3) is 12.8. The smallest absolute Gasteiger partial charge is 0.358 e. The molecule has 0 heterocycles. The quantitative estimate of drug-likeness (QED) is 0.260. The molecule has 0 radical (unpaired) electrons. The van der Waals surface area contributed by atoms with Gasteiger partial charge in [0.2, 0.25) is 0 Å². The van der Waals surface area contributed by atoms with Gasteiger partial charge < -0.3 is 9.47 Å². The maximum atomic E-state index is 13.0. The molecule has 0 fully saturated rings. The van der Waals surface area contributed by atoms with Crippen LogP contribution in [0.2, 0.25) is 0 Å². The topological polar surface area (TPSA) is 111 Å². The maximum absolute atomic E-state index is 13.0. The molecular weight excluding hydrogens is 586 g/mol. The van der Waals surface area contributed by atoms with Gasteiger partial charge in [-0.2, -0.15) is 8.80 Å². The van der Waals surface area contributed by atoms with E-state index in [2.05, 4.69) is 8.80 Å². The zero-order valence-corrected chi connectivity index (χ0v) is 27.3. The van der Waals surface area contributed by atoms with Crippen LogP contribution in [0.25, 0.3) is 0 Å². The van der Waals surface area contributed by atoms with Crippen molar-refractivity contribution in [2.75, 3.05) is 0 Å². The van der Waals surface area contributed by atoms with Crippen molar-refractivity contribution >= 4 is 45.3 Å². The van der Waals surface area contributed by atoms with Crippen LogP contribution in [-0.2, 0) is 41.0 Å². The number of esters is 2. The molecule has 12 heteroatoms. The summed E-state index contributed by atoms with van der Waals surface area (Å²) < 4.78 is 67.3. The standard InChI is InChI=1S/2C15H20FNO3S/c2*1-10(2)20-14(18)13(17-21(19)15(3,4)5)11-6-8-12(16)9-7-11/h2*6-10H,1-5H3/b2*17-13-/t2*21-/m00/s1. The van der Waals surface area contributed by atoms with E-state index in [1.807, 2.05) is 0 Å². The number of nitrogens with zero attached hydrogens (tertiary/aromatic N) is 2. The number of benzene rings is 2. The van der Waals surface area contributed by atoms with E-state index in [1.54, 1.807) is 69.2 Å². The minimum atomic E-state index is -1.62. The van der Waals surface area contributed by atoms with Gasteiger partial charge in [0.15, 0.2) is 11.4 Å². The van der Waals surface area contributed by atoms with Crippen LogP contribution in [-0.4, -0.2) is 53.5 Å². The molecule has 8 nitrogen and oxygen atoms in total. The Kier molecular flexibility index (Phi) is 14.0. The van der Waals surface area contributed by atoms with E-state index < -0.39 is 55.0 Å². The molecule has 42 heavy (non-hydrogen) atoms. The molecule has 0 saturated heterocycles. The molecule has 0 unspecified atom stereocenters. The molecular formula is C30H40F2N2O6S2. The third-order valence-electron chi connectivity index (χ3n) is 4.70. The Morgan fingerprint density at radius 1 is 0.619 bits per heavy atom. The molecule has 2 aromatic rings. The van der Waals surface area contributed by atoms with Crippen molar-refractivity contribution in [3.05, 3.63) is 71.3 Å². The summed E-state index contributed by atoms with van der Waals surface area (Å²) in [6, 6.07) is 10.5. The van der Waals surface area contributed by atoms with E-state index >= 15 is 0 Å². The summed E-state index contributed by atoms with van der Waals surface area (Å²) in [5.41, 5.74) is 0.633. The molecule has 232 valence electrons. The van der Waals surface area contributed by atoms with Crippen LogP contribution in [0.4, 0.5) is 8.78 Å². The molecule has 0 aromatic heterocycles. The first-order valence-corrected chi connectivity index (χ1v) is 15.4. The molecule has 0 spiro atoms. The van der Waals surface area contributed by atoms with Gasteiger partial charge >= 0.3 is 11.9 Å². The summed E-state index contributed by atoms with van der Waals surface area (Å²) in [7, 11) is -3.23. The van der Waals surface area contributed by atoms with Crippen molar-refractivity contribution in [1.82, 2.24) is 0 Å². The number of carbonyl (C=O) groups is 2. The molecule has 2 rings (SSSR count). The first-order valence-electron chi connectivity index (χ1n) is 13.2. The van der Waals surface area contributed by atoms with Crippen LogP contribution in [0.1, 0.15) is 80.4 Å². The Bertz CT molecular complexity index is 1220. The Morgan fingerprint density at radius 3 is 1.10 bits per heavy atom. The van der Waals surface area contributed by atoms with Crippen LogP contribution < -0.4 is 0 Å². The zero-order valence-electron chi connectivity index (χ0n) is 25.7. The molecule has 0 aliphatic rings. The van der Waals surface area contributed by atoms with Crippen LogP contribution in [0.3, 0.4) is 0 Å². The minimum absolute atomic E-state index is 0.0584. The number of hydrogen-bond acceptors (Lipinski definition) is 6. The summed E-state index contributed by atoms with van der Waals surface area (Å²) in [6.45, 7) is 17.4. The van der Waals surface area contributed by atoms with Crippen molar-refractivity contribution in [3.63, 3.8) is 0 Å². The van der Waals surface area contributed by atoms with Gasteiger partial charge in [-0.25, -0.2) is 26.8 Å². The lowest BCUT2D eigenvalue weighted by atomic mass is 10.1. The van der Waals surface area contributed by atoms with Crippen LogP contribution in [0.5, 0.6) is 0 Å². The van der Waals surface area contributed by atoms with E-state index in [1.165, 1.54) is 48.5 Å². The van der Waals surface area contributed by atoms with Crippen molar-refractivity contribution in [2.24, 2.45) is 8.80 Å². The number of carbonyl (C=O) groups excluding carboxylic acids is 2. The zero-order chi connectivity index (χ0) is 32.4. The lowest BCUT2D eigenvalue weighted by molar-refractivity contribution is -0.139. The fourth-order valence-corrected chi connectivity index (χ4v) is 3.85. The van der Waals surface area contributed by atoms with Crippen molar-refractivity contribution in [2.45, 2.75) is 90.9 Å². The highest BCUT2D eigenvalue weighted by molar-refractivity contribution is 7.85. The summed E-state index contributed by atoms with van der Waals surface area (Å²) in [5, 5.41) is 0. The van der Waals surface area contributed by atoms with Crippen LogP contribution >= 0.6 is 0 Å². The summed E-state index contributed by atoms with van der Waals surface area (Å²) in [5.74, 6) is -2.19. The number of rotatable bonds is 8. The van der Waals surface area contributed by atoms with Crippen molar-refractivity contribution < 1.29 is 36.3 Å². The van der Waals surface area contributed by atoms with E-state index in [0.29, 0.717) is 11.1 Å². The van der Waals surface area contributed by atoms with Gasteiger partial charge in [0.05, 0.1) is 21.7 Å². The largest absolute Gasteiger partial charge is 0.458 e. The molecule has 0 bridgehead atoms. The maximum Gasteiger partial charge on any atom is 0.358 e. The number of ether oxygens (including phenoxy) is 2. The first-order chi connectivity index (χ1) is 19.2. The van der Waals surface area contributed by atoms with Gasteiger partial charge in [0, 0.05) is 11.1 Å². The predicted molar refractivity (Wildman–Crippen MR) is 164 cm³/mol. The second-order valence-electron chi connectivity index (χ2n) is 11.5. The summed E-state index contributed by atoms with van der Waals surface area (Å²) >= 11 is 0. The van der Waals surface area contributed by atoms with E-state index in [-0.39, 0.29) is 23.6 Å². The predicted octanol–water partition coefficient (Wildman–Crippen LogP) is 6.06. The van der Waals surface area contributed by atoms with Gasteiger partial charge in [-0.05, 0) is 118 Å². The molecule has 0 aliphatic carbocycles. The second kappa shape index (κ2) is 15.9. The molecule has 2 atom stereocenters. The number of halogens is 2. The molecule has 0 aliphatic heterocycles. The second-order valence-corrected chi connectivity index (χ2v) is 15.3. The van der Waals surface area contributed by atoms with Crippen molar-refractivity contribution in [3.8, 4) is 0 Å². The Balaban J connectivity index is 0.000000420. The average Bonchev–Trinajstić information content (AvgIpc) is 2.85. The van der Waals surface area contributed by atoms with Gasteiger partial charge in [-0.15, -0.1) is 0 Å². The highest BCUT2D eigenvalue weighted by Gasteiger charge is 2.25. The van der Waals surface area contributed by atoms with Gasteiger partial charge in [-0.3, -0.25) is 0 Å². The molecule has 0 N–H and O–H groups in total.